The molecule has 0 unspecified atom stereocenters. The van der Waals surface area contributed by atoms with Crippen LogP contribution in [0.3, 0.4) is 0 Å². The van der Waals surface area contributed by atoms with E-state index in [1.165, 1.54) is 0 Å². The van der Waals surface area contributed by atoms with E-state index in [9.17, 15) is 14.4 Å². The van der Waals surface area contributed by atoms with E-state index in [2.05, 4.69) is 19.7 Å². The average molecular weight is 338 g/mol. The fourth-order valence-electron chi connectivity index (χ4n) is 2.25. The van der Waals surface area contributed by atoms with E-state index in [1.807, 2.05) is 20.8 Å². The number of carbonyl (C=O) groups excluding carboxylic acids is 3. The lowest BCUT2D eigenvalue weighted by Crippen LogP contribution is -2.42. The lowest BCUT2D eigenvalue weighted by atomic mass is 9.75. The van der Waals surface area contributed by atoms with Crippen LogP contribution < -0.4 is 0 Å². The predicted molar refractivity (Wildman–Crippen MR) is 90.0 cm³/mol. The van der Waals surface area contributed by atoms with Gasteiger partial charge in [-0.25, -0.2) is 14.4 Å². The van der Waals surface area contributed by atoms with Gasteiger partial charge in [0, 0.05) is 18.2 Å². The van der Waals surface area contributed by atoms with Crippen LogP contribution in [0.2, 0.25) is 0 Å². The largest absolute Gasteiger partial charge is 0.462 e. The molecule has 0 amide bonds. The van der Waals surface area contributed by atoms with E-state index >= 15 is 0 Å². The molecule has 6 heteroatoms. The minimum absolute atomic E-state index is 0.0933. The van der Waals surface area contributed by atoms with Crippen molar-refractivity contribution in [2.75, 3.05) is 19.8 Å². The van der Waals surface area contributed by atoms with Crippen LogP contribution in [0.5, 0.6) is 0 Å². The van der Waals surface area contributed by atoms with Crippen LogP contribution in [0.1, 0.15) is 27.2 Å². The minimum Gasteiger partial charge on any atom is -0.462 e. The fraction of sp³-hybridized carbons (Fsp3) is 0.500. The molecule has 0 aliphatic heterocycles. The minimum atomic E-state index is -0.895. The Labute approximate surface area is 143 Å². The van der Waals surface area contributed by atoms with Crippen LogP contribution >= 0.6 is 0 Å². The molecule has 0 aliphatic rings. The van der Waals surface area contributed by atoms with Crippen molar-refractivity contribution in [1.82, 2.24) is 0 Å². The van der Waals surface area contributed by atoms with Crippen LogP contribution in [-0.2, 0) is 28.6 Å². The van der Waals surface area contributed by atoms with Crippen molar-refractivity contribution >= 4 is 17.9 Å². The summed E-state index contributed by atoms with van der Waals surface area (Å²) in [6, 6.07) is 0. The molecule has 0 aliphatic carbocycles. The smallest absolute Gasteiger partial charge is 0.330 e. The first-order valence-electron chi connectivity index (χ1n) is 7.45. The summed E-state index contributed by atoms with van der Waals surface area (Å²) in [5.74, 6) is -1.84. The van der Waals surface area contributed by atoms with Crippen LogP contribution in [0.15, 0.2) is 38.0 Å². The Bertz CT molecular complexity index is 438. The van der Waals surface area contributed by atoms with E-state index in [0.29, 0.717) is 6.42 Å². The van der Waals surface area contributed by atoms with Gasteiger partial charge in [-0.05, 0) is 11.8 Å². The van der Waals surface area contributed by atoms with Crippen molar-refractivity contribution in [1.29, 1.82) is 0 Å². The highest BCUT2D eigenvalue weighted by Crippen LogP contribution is 2.35. The molecule has 0 heterocycles. The van der Waals surface area contributed by atoms with Gasteiger partial charge in [0.25, 0.3) is 0 Å². The van der Waals surface area contributed by atoms with Crippen molar-refractivity contribution in [3.8, 4) is 0 Å². The number of hydrogen-bond acceptors (Lipinski definition) is 6. The highest BCUT2D eigenvalue weighted by Gasteiger charge is 2.39. The second-order valence-corrected chi connectivity index (χ2v) is 6.67. The van der Waals surface area contributed by atoms with Gasteiger partial charge in [-0.2, -0.15) is 0 Å². The molecular weight excluding hydrogens is 312 g/mol. The van der Waals surface area contributed by atoms with Crippen molar-refractivity contribution < 1.29 is 28.6 Å². The third kappa shape index (κ3) is 8.92. The maximum Gasteiger partial charge on any atom is 0.330 e. The topological polar surface area (TPSA) is 78.9 Å². The van der Waals surface area contributed by atoms with Crippen molar-refractivity contribution in [2.45, 2.75) is 27.2 Å². The second kappa shape index (κ2) is 9.70. The zero-order chi connectivity index (χ0) is 18.8. The summed E-state index contributed by atoms with van der Waals surface area (Å²) < 4.78 is 15.4. The lowest BCUT2D eigenvalue weighted by molar-refractivity contribution is -0.158. The number of carbonyl (C=O) groups is 3. The summed E-state index contributed by atoms with van der Waals surface area (Å²) in [6.45, 7) is 15.7. The normalized spacial score (nSPS) is 11.1. The Morgan fingerprint density at radius 1 is 0.750 bits per heavy atom. The summed E-state index contributed by atoms with van der Waals surface area (Å²) in [4.78, 5) is 34.3. The zero-order valence-electron chi connectivity index (χ0n) is 14.6. The van der Waals surface area contributed by atoms with Crippen molar-refractivity contribution in [3.05, 3.63) is 38.0 Å². The van der Waals surface area contributed by atoms with E-state index < -0.39 is 23.3 Å². The maximum atomic E-state index is 11.4. The van der Waals surface area contributed by atoms with Crippen molar-refractivity contribution in [2.24, 2.45) is 10.8 Å². The van der Waals surface area contributed by atoms with Crippen LogP contribution in [0.25, 0.3) is 0 Å². The Morgan fingerprint density at radius 2 is 1.04 bits per heavy atom. The van der Waals surface area contributed by atoms with Crippen LogP contribution in [-0.4, -0.2) is 37.7 Å². The number of esters is 3. The molecule has 0 aromatic rings. The first-order valence-corrected chi connectivity index (χ1v) is 7.45. The molecule has 0 fully saturated rings. The van der Waals surface area contributed by atoms with Gasteiger partial charge in [-0.15, -0.1) is 0 Å². The molecule has 134 valence electrons. The van der Waals surface area contributed by atoms with Gasteiger partial charge in [0.05, 0.1) is 5.41 Å². The number of ether oxygens (including phenoxy) is 3. The van der Waals surface area contributed by atoms with Gasteiger partial charge in [0.15, 0.2) is 0 Å². The number of rotatable bonds is 10. The molecule has 0 aromatic carbocycles. The number of hydrogen-bond donors (Lipinski definition) is 0. The Balaban J connectivity index is 5.41. The zero-order valence-corrected chi connectivity index (χ0v) is 14.6. The van der Waals surface area contributed by atoms with Gasteiger partial charge in [-0.1, -0.05) is 40.5 Å². The summed E-state index contributed by atoms with van der Waals surface area (Å²) in [5, 5.41) is 0. The van der Waals surface area contributed by atoms with Gasteiger partial charge in [-0.3, -0.25) is 0 Å². The first kappa shape index (κ1) is 21.6. The third-order valence-corrected chi connectivity index (χ3v) is 2.97. The van der Waals surface area contributed by atoms with Gasteiger partial charge < -0.3 is 14.2 Å². The second-order valence-electron chi connectivity index (χ2n) is 6.67. The molecule has 0 N–H and O–H groups in total. The van der Waals surface area contributed by atoms with E-state index in [4.69, 9.17) is 14.2 Å². The highest BCUT2D eigenvalue weighted by atomic mass is 16.6. The average Bonchev–Trinajstić information content (AvgIpc) is 2.53. The molecule has 0 rings (SSSR count). The fourth-order valence-corrected chi connectivity index (χ4v) is 2.25. The standard InChI is InChI=1S/C18H26O6/c1-7-14(19)22-11-18(10-17(4,5)6,12-23-15(20)8-2)13-24-16(21)9-3/h7-9H,1-3,10-13H2,4-6H3. The Hall–Kier alpha value is -2.37. The summed E-state index contributed by atoms with van der Waals surface area (Å²) >= 11 is 0. The molecule has 24 heavy (non-hydrogen) atoms. The van der Waals surface area contributed by atoms with E-state index in [0.717, 1.165) is 18.2 Å². The molecule has 0 spiro atoms. The Kier molecular flexibility index (Phi) is 8.74. The van der Waals surface area contributed by atoms with Crippen LogP contribution in [0, 0.1) is 10.8 Å². The molecule has 0 saturated carbocycles. The van der Waals surface area contributed by atoms with E-state index in [-0.39, 0.29) is 25.2 Å². The molecule has 0 radical (unpaired) electrons. The summed E-state index contributed by atoms with van der Waals surface area (Å²) in [6.07, 6.45) is 3.58. The highest BCUT2D eigenvalue weighted by molar-refractivity contribution is 5.82. The molecule has 0 saturated heterocycles. The monoisotopic (exact) mass is 338 g/mol. The van der Waals surface area contributed by atoms with Gasteiger partial charge in [0.2, 0.25) is 0 Å². The quantitative estimate of drug-likeness (QED) is 0.346. The third-order valence-electron chi connectivity index (χ3n) is 2.97. The molecule has 0 bridgehead atoms. The summed E-state index contributed by atoms with van der Waals surface area (Å²) in [7, 11) is 0. The van der Waals surface area contributed by atoms with Gasteiger partial charge >= 0.3 is 17.9 Å². The molecule has 6 nitrogen and oxygen atoms in total. The van der Waals surface area contributed by atoms with Crippen LogP contribution in [0.4, 0.5) is 0 Å². The SMILES string of the molecule is C=CC(=O)OCC(COC(=O)C=C)(COC(=O)C=C)CC(C)(C)C. The summed E-state index contributed by atoms with van der Waals surface area (Å²) in [5.41, 5.74) is -1.10. The van der Waals surface area contributed by atoms with E-state index in [1.54, 1.807) is 0 Å². The molecular formula is C18H26O6. The van der Waals surface area contributed by atoms with Crippen molar-refractivity contribution in [3.63, 3.8) is 0 Å². The van der Waals surface area contributed by atoms with Gasteiger partial charge in [0.1, 0.15) is 19.8 Å². The maximum absolute atomic E-state index is 11.4. The lowest BCUT2D eigenvalue weighted by Gasteiger charge is -2.37. The molecule has 0 atom stereocenters. The molecule has 0 aromatic heterocycles. The first-order chi connectivity index (χ1) is 11.1. The predicted octanol–water partition coefficient (Wildman–Crippen LogP) is 2.60. The Morgan fingerprint density at radius 3 is 1.25 bits per heavy atom.